The summed E-state index contributed by atoms with van der Waals surface area (Å²) in [4.78, 5) is 29.5. The van der Waals surface area contributed by atoms with Crippen LogP contribution in [0.4, 0.5) is 0 Å². The molecular weight excluding hydrogens is 475 g/mol. The molecule has 11 nitrogen and oxygen atoms in total. The second-order valence-corrected chi connectivity index (χ2v) is 9.68. The summed E-state index contributed by atoms with van der Waals surface area (Å²) in [6.45, 7) is 21.4. The van der Waals surface area contributed by atoms with Crippen molar-refractivity contribution in [3.8, 4) is 0 Å². The predicted molar refractivity (Wildman–Crippen MR) is 135 cm³/mol. The number of rotatable bonds is 19. The van der Waals surface area contributed by atoms with E-state index in [0.717, 1.165) is 0 Å². The van der Waals surface area contributed by atoms with Gasteiger partial charge in [-0.25, -0.2) is 16.0 Å². The van der Waals surface area contributed by atoms with Crippen molar-refractivity contribution >= 4 is 8.53 Å². The molecule has 0 spiro atoms. The molecule has 12 heteroatoms. The van der Waals surface area contributed by atoms with Crippen LogP contribution in [0.5, 0.6) is 0 Å². The van der Waals surface area contributed by atoms with Crippen LogP contribution in [0, 0.1) is 6.57 Å². The third-order valence-corrected chi connectivity index (χ3v) is 6.90. The van der Waals surface area contributed by atoms with Gasteiger partial charge in [0.25, 0.3) is 14.1 Å². The highest BCUT2D eigenvalue weighted by Crippen LogP contribution is 2.46. The van der Waals surface area contributed by atoms with Gasteiger partial charge in [0.2, 0.25) is 6.54 Å². The Bertz CT molecular complexity index is 847. The van der Waals surface area contributed by atoms with Crippen LogP contribution in [0.15, 0.2) is 21.9 Å². The highest BCUT2D eigenvalue weighted by molar-refractivity contribution is 7.44. The van der Waals surface area contributed by atoms with Crippen molar-refractivity contribution in [1.82, 2.24) is 14.2 Å². The quantitative estimate of drug-likeness (QED) is 0.170. The lowest BCUT2D eigenvalue weighted by molar-refractivity contribution is -0.113. The number of nitrogens with zero attached hydrogens (tertiary/aromatic N) is 3. The lowest BCUT2D eigenvalue weighted by Crippen LogP contribution is -2.37. The molecule has 3 atom stereocenters. The van der Waals surface area contributed by atoms with Crippen LogP contribution >= 0.6 is 8.53 Å². The van der Waals surface area contributed by atoms with Crippen molar-refractivity contribution in [2.75, 3.05) is 46.2 Å². The summed E-state index contributed by atoms with van der Waals surface area (Å²) in [5, 5.41) is 0. The summed E-state index contributed by atoms with van der Waals surface area (Å²) >= 11 is 0. The molecule has 1 aromatic rings. The lowest BCUT2D eigenvalue weighted by atomic mass is 10.3. The molecule has 0 bridgehead atoms. The molecule has 0 radical (unpaired) electrons. The average Bonchev–Trinajstić information content (AvgIpc) is 2.80. The second-order valence-electron chi connectivity index (χ2n) is 8.23. The Labute approximate surface area is 209 Å². The molecule has 1 unspecified atom stereocenters. The van der Waals surface area contributed by atoms with Crippen molar-refractivity contribution in [3.63, 3.8) is 0 Å². The van der Waals surface area contributed by atoms with Crippen LogP contribution in [0.1, 0.15) is 54.2 Å². The van der Waals surface area contributed by atoms with E-state index in [9.17, 15) is 9.59 Å². The van der Waals surface area contributed by atoms with Crippen LogP contribution in [-0.4, -0.2) is 78.6 Å². The van der Waals surface area contributed by atoms with Gasteiger partial charge in [-0.1, -0.05) is 6.92 Å². The monoisotopic (exact) mass is 516 g/mol. The number of aromatic nitrogens is 2. The first-order valence-electron chi connectivity index (χ1n) is 12.0. The first-order valence-corrected chi connectivity index (χ1v) is 13.2. The first kappa shape index (κ1) is 31.4. The Morgan fingerprint density at radius 3 is 2.31 bits per heavy atom. The molecule has 0 aliphatic heterocycles. The SMILES string of the molecule is [C-]#[N+]CCOP(OC[C@@H](CC)O[C@H](COCCOCC)n1ccc(=O)[nH]c1=O)N(C(C)C)C(C)C. The smallest absolute Gasteiger partial charge is 0.330 e. The van der Waals surface area contributed by atoms with Crippen molar-refractivity contribution in [3.05, 3.63) is 44.5 Å². The summed E-state index contributed by atoms with van der Waals surface area (Å²) in [6.07, 6.45) is 0.868. The molecule has 1 N–H and O–H groups in total. The standard InChI is InChI=1S/C23H41N4O7P/c1-8-20(16-33-35(32-13-11-24-7)27(18(3)4)19(5)6)34-22(17-31-15-14-30-9-2)26-12-10-21(28)25-23(26)29/h10,12,18-20,22H,8-9,11,13-17H2,1-6H3,(H,25,28,29)/t20-,22-,35?/m1/s1. The van der Waals surface area contributed by atoms with E-state index in [1.54, 1.807) is 0 Å². The van der Waals surface area contributed by atoms with E-state index < -0.39 is 26.0 Å². The summed E-state index contributed by atoms with van der Waals surface area (Å²) in [5.74, 6) is 0. The fraction of sp³-hybridized carbons (Fsp3) is 0.783. The van der Waals surface area contributed by atoms with Crippen LogP contribution in [0.3, 0.4) is 0 Å². The molecule has 200 valence electrons. The first-order chi connectivity index (χ1) is 16.7. The van der Waals surface area contributed by atoms with Gasteiger partial charge in [-0.3, -0.25) is 14.3 Å². The minimum absolute atomic E-state index is 0.0932. The fourth-order valence-corrected chi connectivity index (χ4v) is 4.84. The number of nitrogens with one attached hydrogen (secondary N) is 1. The van der Waals surface area contributed by atoms with E-state index in [1.807, 2.05) is 13.8 Å². The molecule has 0 aromatic carbocycles. The maximum atomic E-state index is 12.4. The molecule has 0 fully saturated rings. The topological polar surface area (TPSA) is 109 Å². The Morgan fingerprint density at radius 1 is 1.06 bits per heavy atom. The van der Waals surface area contributed by atoms with E-state index >= 15 is 0 Å². The van der Waals surface area contributed by atoms with E-state index in [1.165, 1.54) is 16.8 Å². The molecule has 0 aliphatic carbocycles. The van der Waals surface area contributed by atoms with Crippen LogP contribution < -0.4 is 11.2 Å². The second kappa shape index (κ2) is 17.7. The van der Waals surface area contributed by atoms with Crippen molar-refractivity contribution in [2.24, 2.45) is 0 Å². The normalized spacial score (nSPS) is 14.4. The number of aromatic amines is 1. The zero-order valence-corrected chi connectivity index (χ0v) is 22.7. The average molecular weight is 517 g/mol. The van der Waals surface area contributed by atoms with Gasteiger partial charge in [0.15, 0.2) is 6.23 Å². The van der Waals surface area contributed by atoms with Crippen LogP contribution in [0.25, 0.3) is 4.85 Å². The summed E-state index contributed by atoms with van der Waals surface area (Å²) in [6, 6.07) is 1.63. The molecule has 0 saturated heterocycles. The minimum atomic E-state index is -1.41. The fourth-order valence-electron chi connectivity index (χ4n) is 3.22. The van der Waals surface area contributed by atoms with Crippen LogP contribution in [-0.2, 0) is 23.3 Å². The van der Waals surface area contributed by atoms with Gasteiger partial charge in [0.1, 0.15) is 6.61 Å². The molecule has 1 heterocycles. The maximum Gasteiger partial charge on any atom is 0.330 e. The summed E-state index contributed by atoms with van der Waals surface area (Å²) < 4.78 is 32.8. The van der Waals surface area contributed by atoms with Crippen LogP contribution in [0.2, 0.25) is 0 Å². The maximum absolute atomic E-state index is 12.4. The van der Waals surface area contributed by atoms with Gasteiger partial charge in [0, 0.05) is 31.0 Å². The Kier molecular flexibility index (Phi) is 15.9. The molecule has 0 saturated carbocycles. The van der Waals surface area contributed by atoms with Gasteiger partial charge >= 0.3 is 5.69 Å². The number of hydrogen-bond donors (Lipinski definition) is 1. The number of H-pyrrole nitrogens is 1. The Hall–Kier alpha value is -1.64. The largest absolute Gasteiger partial charge is 0.379 e. The van der Waals surface area contributed by atoms with E-state index in [-0.39, 0.29) is 44.6 Å². The lowest BCUT2D eigenvalue weighted by Gasteiger charge is -2.36. The van der Waals surface area contributed by atoms with Gasteiger partial charge in [-0.2, -0.15) is 0 Å². The zero-order valence-electron chi connectivity index (χ0n) is 21.8. The zero-order chi connectivity index (χ0) is 26.2. The number of hydrogen-bond acceptors (Lipinski definition) is 8. The molecular formula is C23H41N4O7P. The number of ether oxygens (including phenoxy) is 3. The van der Waals surface area contributed by atoms with Gasteiger partial charge < -0.3 is 28.1 Å². The van der Waals surface area contributed by atoms with Crippen molar-refractivity contribution in [2.45, 2.75) is 72.4 Å². The van der Waals surface area contributed by atoms with E-state index in [2.05, 4.69) is 42.2 Å². The van der Waals surface area contributed by atoms with Gasteiger partial charge in [-0.15, -0.1) is 0 Å². The third-order valence-electron chi connectivity index (χ3n) is 4.83. The molecule has 1 aromatic heterocycles. The predicted octanol–water partition coefficient (Wildman–Crippen LogP) is 3.18. The highest BCUT2D eigenvalue weighted by Gasteiger charge is 2.29. The van der Waals surface area contributed by atoms with Crippen molar-refractivity contribution < 1.29 is 23.3 Å². The van der Waals surface area contributed by atoms with Gasteiger partial charge in [-0.05, 0) is 41.0 Å². The summed E-state index contributed by atoms with van der Waals surface area (Å²) in [7, 11) is -1.41. The Morgan fingerprint density at radius 2 is 1.74 bits per heavy atom. The van der Waals surface area contributed by atoms with E-state index in [4.69, 9.17) is 29.8 Å². The summed E-state index contributed by atoms with van der Waals surface area (Å²) in [5.41, 5.74) is -1.07. The minimum Gasteiger partial charge on any atom is -0.379 e. The molecule has 35 heavy (non-hydrogen) atoms. The van der Waals surface area contributed by atoms with Gasteiger partial charge in [0.05, 0.1) is 32.5 Å². The molecule has 0 aliphatic rings. The Balaban J connectivity index is 2.96. The third kappa shape index (κ3) is 11.8. The highest BCUT2D eigenvalue weighted by atomic mass is 31.2. The molecule has 0 amide bonds. The van der Waals surface area contributed by atoms with Crippen molar-refractivity contribution in [1.29, 1.82) is 0 Å². The van der Waals surface area contributed by atoms with E-state index in [0.29, 0.717) is 26.2 Å². The molecule has 1 rings (SSSR count).